The summed E-state index contributed by atoms with van der Waals surface area (Å²) in [5.41, 5.74) is 1.36. The second-order valence-corrected chi connectivity index (χ2v) is 7.06. The van der Waals surface area contributed by atoms with Gasteiger partial charge in [0.2, 0.25) is 15.9 Å². The van der Waals surface area contributed by atoms with E-state index in [1.807, 2.05) is 6.92 Å². The predicted molar refractivity (Wildman–Crippen MR) is 83.7 cm³/mol. The number of hydrogen-bond acceptors (Lipinski definition) is 3. The van der Waals surface area contributed by atoms with Crippen molar-refractivity contribution in [3.05, 3.63) is 23.8 Å². The van der Waals surface area contributed by atoms with Gasteiger partial charge in [0.15, 0.2) is 0 Å². The zero-order valence-electron chi connectivity index (χ0n) is 11.6. The Hall–Kier alpha value is -0.920. The first-order valence-electron chi connectivity index (χ1n) is 6.30. The van der Waals surface area contributed by atoms with Crippen molar-refractivity contribution < 1.29 is 13.2 Å². The minimum absolute atomic E-state index is 0.104. The maximum absolute atomic E-state index is 11.8. The number of aryl methyl sites for hydroxylation is 1. The summed E-state index contributed by atoms with van der Waals surface area (Å²) in [5, 5.41) is 3.63. The quantitative estimate of drug-likeness (QED) is 0.577. The number of benzene rings is 1. The summed E-state index contributed by atoms with van der Waals surface area (Å²) in [6.07, 6.45) is 2.15. The van der Waals surface area contributed by atoms with Crippen LogP contribution in [0.15, 0.2) is 23.1 Å². The van der Waals surface area contributed by atoms with Gasteiger partial charge in [-0.3, -0.25) is 4.79 Å². The number of alkyl halides is 1. The van der Waals surface area contributed by atoms with Crippen LogP contribution in [-0.2, 0) is 14.8 Å². The van der Waals surface area contributed by atoms with Crippen LogP contribution in [0.3, 0.4) is 0 Å². The van der Waals surface area contributed by atoms with Crippen molar-refractivity contribution in [3.63, 3.8) is 0 Å². The molecule has 0 aliphatic heterocycles. The van der Waals surface area contributed by atoms with E-state index >= 15 is 0 Å². The molecule has 0 bridgehead atoms. The average molecular weight is 363 g/mol. The molecule has 0 saturated heterocycles. The molecule has 0 radical (unpaired) electrons. The van der Waals surface area contributed by atoms with Gasteiger partial charge in [-0.1, -0.05) is 22.0 Å². The first-order valence-corrected chi connectivity index (χ1v) is 8.91. The maximum Gasteiger partial charge on any atom is 0.240 e. The molecule has 0 aromatic heterocycles. The molecule has 7 heteroatoms. The average Bonchev–Trinajstić information content (AvgIpc) is 2.41. The molecule has 20 heavy (non-hydrogen) atoms. The zero-order chi connectivity index (χ0) is 15.2. The molecular formula is C13H19BrN2O3S. The highest BCUT2D eigenvalue weighted by molar-refractivity contribution is 9.09. The van der Waals surface area contributed by atoms with E-state index in [1.165, 1.54) is 19.2 Å². The number of unbranched alkanes of at least 4 members (excludes halogenated alkanes) is 1. The summed E-state index contributed by atoms with van der Waals surface area (Å²) < 4.78 is 25.7. The second kappa shape index (κ2) is 7.75. The van der Waals surface area contributed by atoms with Gasteiger partial charge in [-0.25, -0.2) is 13.1 Å². The molecule has 0 aliphatic carbocycles. The van der Waals surface area contributed by atoms with Crippen molar-refractivity contribution >= 4 is 37.5 Å². The van der Waals surface area contributed by atoms with Crippen LogP contribution in [0, 0.1) is 6.92 Å². The van der Waals surface area contributed by atoms with Crippen molar-refractivity contribution in [1.82, 2.24) is 4.72 Å². The van der Waals surface area contributed by atoms with Crippen molar-refractivity contribution in [1.29, 1.82) is 0 Å². The van der Waals surface area contributed by atoms with E-state index in [2.05, 4.69) is 26.0 Å². The third-order valence-electron chi connectivity index (χ3n) is 2.85. The summed E-state index contributed by atoms with van der Waals surface area (Å²) >= 11 is 3.31. The Balaban J connectivity index is 2.85. The maximum atomic E-state index is 11.8. The van der Waals surface area contributed by atoms with Crippen LogP contribution in [0.4, 0.5) is 5.69 Å². The lowest BCUT2D eigenvalue weighted by Crippen LogP contribution is -2.19. The molecule has 1 aromatic rings. The predicted octanol–water partition coefficient (Wildman–Crippen LogP) is 2.41. The standard InChI is InChI=1S/C13H19BrN2O3S/c1-10-6-7-11(20(18,19)15-2)9-12(10)16-13(17)5-3-4-8-14/h6-7,9,15H,3-5,8H2,1-2H3,(H,16,17). The fourth-order valence-electron chi connectivity index (χ4n) is 1.61. The lowest BCUT2D eigenvalue weighted by atomic mass is 10.2. The zero-order valence-corrected chi connectivity index (χ0v) is 14.0. The monoisotopic (exact) mass is 362 g/mol. The third kappa shape index (κ3) is 4.88. The Morgan fingerprint density at radius 2 is 2.00 bits per heavy atom. The highest BCUT2D eigenvalue weighted by Gasteiger charge is 2.13. The topological polar surface area (TPSA) is 75.3 Å². The summed E-state index contributed by atoms with van der Waals surface area (Å²) in [6.45, 7) is 1.82. The van der Waals surface area contributed by atoms with Gasteiger partial charge < -0.3 is 5.32 Å². The van der Waals surface area contributed by atoms with E-state index < -0.39 is 10.0 Å². The number of amides is 1. The first-order chi connectivity index (χ1) is 9.40. The first kappa shape index (κ1) is 17.1. The van der Waals surface area contributed by atoms with Gasteiger partial charge in [-0.05, 0) is 44.5 Å². The fraction of sp³-hybridized carbons (Fsp3) is 0.462. The van der Waals surface area contributed by atoms with Crippen LogP contribution >= 0.6 is 15.9 Å². The van der Waals surface area contributed by atoms with E-state index in [4.69, 9.17) is 0 Å². The number of rotatable bonds is 7. The molecular weight excluding hydrogens is 344 g/mol. The normalized spacial score (nSPS) is 11.3. The number of anilines is 1. The number of carbonyl (C=O) groups excluding carboxylic acids is 1. The molecule has 1 rings (SSSR count). The van der Waals surface area contributed by atoms with E-state index in [0.29, 0.717) is 12.1 Å². The molecule has 0 atom stereocenters. The van der Waals surface area contributed by atoms with Crippen LogP contribution in [0.1, 0.15) is 24.8 Å². The van der Waals surface area contributed by atoms with E-state index in [9.17, 15) is 13.2 Å². The summed E-state index contributed by atoms with van der Waals surface area (Å²) in [6, 6.07) is 4.67. The van der Waals surface area contributed by atoms with Gasteiger partial charge in [0, 0.05) is 17.4 Å². The van der Waals surface area contributed by atoms with Gasteiger partial charge in [0.25, 0.3) is 0 Å². The van der Waals surface area contributed by atoms with Crippen LogP contribution in [-0.4, -0.2) is 26.7 Å². The minimum atomic E-state index is -3.50. The van der Waals surface area contributed by atoms with Gasteiger partial charge in [0.1, 0.15) is 0 Å². The van der Waals surface area contributed by atoms with Crippen molar-refractivity contribution in [2.24, 2.45) is 0 Å². The molecule has 0 unspecified atom stereocenters. The minimum Gasteiger partial charge on any atom is -0.326 e. The van der Waals surface area contributed by atoms with Gasteiger partial charge in [0.05, 0.1) is 4.90 Å². The number of carbonyl (C=O) groups is 1. The molecule has 0 spiro atoms. The Labute approximate surface area is 128 Å². The van der Waals surface area contributed by atoms with Crippen LogP contribution < -0.4 is 10.0 Å². The smallest absolute Gasteiger partial charge is 0.240 e. The molecule has 0 fully saturated rings. The van der Waals surface area contributed by atoms with Gasteiger partial charge >= 0.3 is 0 Å². The molecule has 112 valence electrons. The molecule has 2 N–H and O–H groups in total. The van der Waals surface area contributed by atoms with Crippen molar-refractivity contribution in [2.45, 2.75) is 31.1 Å². The fourth-order valence-corrected chi connectivity index (χ4v) is 2.77. The molecule has 5 nitrogen and oxygen atoms in total. The lowest BCUT2D eigenvalue weighted by molar-refractivity contribution is -0.116. The molecule has 0 heterocycles. The van der Waals surface area contributed by atoms with Crippen molar-refractivity contribution in [2.75, 3.05) is 17.7 Å². The van der Waals surface area contributed by atoms with Gasteiger partial charge in [-0.15, -0.1) is 0 Å². The van der Waals surface area contributed by atoms with Crippen LogP contribution in [0.25, 0.3) is 0 Å². The molecule has 1 amide bonds. The SMILES string of the molecule is CNS(=O)(=O)c1ccc(C)c(NC(=O)CCCCBr)c1. The van der Waals surface area contributed by atoms with Gasteiger partial charge in [-0.2, -0.15) is 0 Å². The largest absolute Gasteiger partial charge is 0.326 e. The third-order valence-corrected chi connectivity index (χ3v) is 4.82. The highest BCUT2D eigenvalue weighted by Crippen LogP contribution is 2.20. The second-order valence-electron chi connectivity index (χ2n) is 4.38. The lowest BCUT2D eigenvalue weighted by Gasteiger charge is -2.10. The van der Waals surface area contributed by atoms with Crippen LogP contribution in [0.5, 0.6) is 0 Å². The molecule has 1 aromatic carbocycles. The number of halogens is 1. The Kier molecular flexibility index (Phi) is 6.64. The van der Waals surface area contributed by atoms with Crippen LogP contribution in [0.2, 0.25) is 0 Å². The highest BCUT2D eigenvalue weighted by atomic mass is 79.9. The number of nitrogens with one attached hydrogen (secondary N) is 2. The number of hydrogen-bond donors (Lipinski definition) is 2. The summed E-state index contributed by atoms with van der Waals surface area (Å²) in [4.78, 5) is 11.9. The molecule has 0 saturated carbocycles. The van der Waals surface area contributed by atoms with E-state index in [0.717, 1.165) is 23.7 Å². The molecule has 0 aliphatic rings. The Morgan fingerprint density at radius 1 is 1.30 bits per heavy atom. The summed E-state index contributed by atoms with van der Waals surface area (Å²) in [5.74, 6) is -0.104. The van der Waals surface area contributed by atoms with E-state index in [-0.39, 0.29) is 10.8 Å². The Morgan fingerprint density at radius 3 is 2.60 bits per heavy atom. The van der Waals surface area contributed by atoms with Crippen molar-refractivity contribution in [3.8, 4) is 0 Å². The Bertz CT molecular complexity index is 573. The summed E-state index contributed by atoms with van der Waals surface area (Å²) in [7, 11) is -2.15. The number of sulfonamides is 1. The van der Waals surface area contributed by atoms with E-state index in [1.54, 1.807) is 6.07 Å².